The van der Waals surface area contributed by atoms with Crippen molar-refractivity contribution in [2.24, 2.45) is 0 Å². The molecule has 1 saturated heterocycles. The second-order valence-corrected chi connectivity index (χ2v) is 9.72. The van der Waals surface area contributed by atoms with Crippen LogP contribution in [0.3, 0.4) is 0 Å². The zero-order valence-corrected chi connectivity index (χ0v) is 21.0. The maximum Gasteiger partial charge on any atom is 0.252 e. The van der Waals surface area contributed by atoms with E-state index in [-0.39, 0.29) is 5.91 Å². The molecular formula is C24H41IN4O. The molecule has 0 atom stereocenters. The molecule has 0 bridgehead atoms. The van der Waals surface area contributed by atoms with Gasteiger partial charge in [0.25, 0.3) is 5.91 Å². The smallest absolute Gasteiger partial charge is 0.252 e. The zero-order chi connectivity index (χ0) is 21.6. The number of carbonyl (C=O) groups excluding carboxylic acids is 1. The summed E-state index contributed by atoms with van der Waals surface area (Å²) in [5.74, 6) is -0.0145. The zero-order valence-electron chi connectivity index (χ0n) is 18.8. The van der Waals surface area contributed by atoms with Gasteiger partial charge >= 0.3 is 0 Å². The van der Waals surface area contributed by atoms with Crippen molar-refractivity contribution in [2.45, 2.75) is 64.2 Å². The van der Waals surface area contributed by atoms with Crippen LogP contribution >= 0.6 is 22.6 Å². The molecule has 30 heavy (non-hydrogen) atoms. The lowest BCUT2D eigenvalue weighted by Crippen LogP contribution is -2.44. The summed E-state index contributed by atoms with van der Waals surface area (Å²) >= 11 is 2.14. The lowest BCUT2D eigenvalue weighted by atomic mass is 10.1. The van der Waals surface area contributed by atoms with Crippen LogP contribution in [-0.4, -0.2) is 62.0 Å². The summed E-state index contributed by atoms with van der Waals surface area (Å²) in [6, 6.07) is 5.49. The Bertz CT molecular complexity index is 617. The molecule has 0 aromatic heterocycles. The Balaban J connectivity index is 1.35. The van der Waals surface area contributed by atoms with Gasteiger partial charge in [0.15, 0.2) is 0 Å². The van der Waals surface area contributed by atoms with Crippen LogP contribution in [0.4, 0.5) is 5.69 Å². The van der Waals surface area contributed by atoms with E-state index >= 15 is 0 Å². The fraction of sp³-hybridized carbons (Fsp3) is 0.708. The van der Waals surface area contributed by atoms with Crippen molar-refractivity contribution in [3.05, 3.63) is 27.3 Å². The van der Waals surface area contributed by atoms with Gasteiger partial charge in [0, 0.05) is 42.0 Å². The van der Waals surface area contributed by atoms with Gasteiger partial charge in [-0.2, -0.15) is 0 Å². The van der Waals surface area contributed by atoms with Crippen molar-refractivity contribution < 1.29 is 4.79 Å². The molecule has 0 radical (unpaired) electrons. The van der Waals surface area contributed by atoms with E-state index in [2.05, 4.69) is 44.8 Å². The molecule has 3 N–H and O–H groups in total. The summed E-state index contributed by atoms with van der Waals surface area (Å²) < 4.78 is 0.840. The first-order chi connectivity index (χ1) is 14.6. The number of rotatable bonds is 14. The standard InChI is InChI=1S/C24H41IN4O/c1-28-17-19-29(20-18-28)16-11-9-7-5-3-2-4-6-8-10-15-27-24(30)21-13-12-14-22(26)23(21)25/h12-14H,2-11,15-20,26H2,1H3,(H,27,30). The van der Waals surface area contributed by atoms with Gasteiger partial charge in [0.1, 0.15) is 0 Å². The molecular weight excluding hydrogens is 487 g/mol. The number of hydrogen-bond donors (Lipinski definition) is 2. The molecule has 0 spiro atoms. The van der Waals surface area contributed by atoms with Gasteiger partial charge in [0.2, 0.25) is 0 Å². The third-order valence-electron chi connectivity index (χ3n) is 6.06. The third-order valence-corrected chi connectivity index (χ3v) is 7.26. The number of likely N-dealkylation sites (N-methyl/N-ethyl adjacent to an activating group) is 1. The van der Waals surface area contributed by atoms with Gasteiger partial charge in [-0.1, -0.05) is 57.4 Å². The Hall–Kier alpha value is -0.860. The van der Waals surface area contributed by atoms with E-state index in [0.29, 0.717) is 11.3 Å². The van der Waals surface area contributed by atoms with Crippen molar-refractivity contribution in [3.63, 3.8) is 0 Å². The van der Waals surface area contributed by atoms with E-state index in [4.69, 9.17) is 5.73 Å². The number of nitrogen functional groups attached to an aromatic ring is 1. The van der Waals surface area contributed by atoms with E-state index in [9.17, 15) is 4.79 Å². The Kier molecular flexibility index (Phi) is 12.7. The van der Waals surface area contributed by atoms with E-state index in [1.54, 1.807) is 0 Å². The van der Waals surface area contributed by atoms with Gasteiger partial charge in [-0.05, 0) is 61.2 Å². The summed E-state index contributed by atoms with van der Waals surface area (Å²) in [6.07, 6.45) is 13.1. The van der Waals surface area contributed by atoms with Crippen LogP contribution in [0.2, 0.25) is 0 Å². The number of hydrogen-bond acceptors (Lipinski definition) is 4. The minimum Gasteiger partial charge on any atom is -0.398 e. The molecule has 1 fully saturated rings. The van der Waals surface area contributed by atoms with Crippen LogP contribution in [0.1, 0.15) is 74.6 Å². The van der Waals surface area contributed by atoms with E-state index in [1.165, 1.54) is 90.5 Å². The van der Waals surface area contributed by atoms with Crippen LogP contribution in [0.15, 0.2) is 18.2 Å². The highest BCUT2D eigenvalue weighted by Gasteiger charge is 2.12. The highest BCUT2D eigenvalue weighted by atomic mass is 127. The van der Waals surface area contributed by atoms with Crippen LogP contribution in [0.25, 0.3) is 0 Å². The summed E-state index contributed by atoms with van der Waals surface area (Å²) in [6.45, 7) is 7.00. The van der Waals surface area contributed by atoms with Gasteiger partial charge in [-0.3, -0.25) is 4.79 Å². The Morgan fingerprint density at radius 3 is 2.13 bits per heavy atom. The molecule has 1 heterocycles. The first-order valence-electron chi connectivity index (χ1n) is 11.8. The monoisotopic (exact) mass is 528 g/mol. The maximum atomic E-state index is 12.2. The van der Waals surface area contributed by atoms with Crippen LogP contribution < -0.4 is 11.1 Å². The molecule has 1 aliphatic heterocycles. The second-order valence-electron chi connectivity index (χ2n) is 8.65. The number of piperazine rings is 1. The molecule has 1 aliphatic rings. The molecule has 1 aromatic carbocycles. The largest absolute Gasteiger partial charge is 0.398 e. The van der Waals surface area contributed by atoms with Gasteiger partial charge in [0.05, 0.1) is 5.56 Å². The lowest BCUT2D eigenvalue weighted by molar-refractivity contribution is 0.0952. The Morgan fingerprint density at radius 2 is 1.50 bits per heavy atom. The third kappa shape index (κ3) is 9.96. The quantitative estimate of drug-likeness (QED) is 0.208. The van der Waals surface area contributed by atoms with Crippen molar-refractivity contribution >= 4 is 34.2 Å². The Labute approximate surface area is 197 Å². The van der Waals surface area contributed by atoms with Gasteiger partial charge < -0.3 is 20.9 Å². The van der Waals surface area contributed by atoms with Crippen LogP contribution in [0.5, 0.6) is 0 Å². The SMILES string of the molecule is CN1CCN(CCCCCCCCCCCCNC(=O)c2cccc(N)c2I)CC1. The molecule has 0 saturated carbocycles. The molecule has 5 nitrogen and oxygen atoms in total. The number of nitrogens with two attached hydrogens (primary N) is 1. The minimum absolute atomic E-state index is 0.0145. The molecule has 1 aromatic rings. The normalized spacial score (nSPS) is 15.4. The molecule has 0 unspecified atom stereocenters. The number of carbonyl (C=O) groups is 1. The van der Waals surface area contributed by atoms with Gasteiger partial charge in [-0.25, -0.2) is 0 Å². The number of amides is 1. The van der Waals surface area contributed by atoms with Crippen molar-refractivity contribution in [1.29, 1.82) is 0 Å². The lowest BCUT2D eigenvalue weighted by Gasteiger charge is -2.32. The predicted molar refractivity (Wildman–Crippen MR) is 136 cm³/mol. The summed E-state index contributed by atoms with van der Waals surface area (Å²) in [5.41, 5.74) is 7.22. The highest BCUT2D eigenvalue weighted by molar-refractivity contribution is 14.1. The average molecular weight is 529 g/mol. The number of benzene rings is 1. The number of anilines is 1. The van der Waals surface area contributed by atoms with Crippen molar-refractivity contribution in [2.75, 3.05) is 52.0 Å². The Morgan fingerprint density at radius 1 is 0.933 bits per heavy atom. The summed E-state index contributed by atoms with van der Waals surface area (Å²) in [7, 11) is 2.22. The topological polar surface area (TPSA) is 61.6 Å². The first-order valence-corrected chi connectivity index (χ1v) is 12.9. The maximum absolute atomic E-state index is 12.2. The fourth-order valence-electron chi connectivity index (χ4n) is 3.97. The second kappa shape index (κ2) is 15.0. The van der Waals surface area contributed by atoms with Gasteiger partial charge in [-0.15, -0.1) is 0 Å². The van der Waals surface area contributed by atoms with E-state index in [0.717, 1.165) is 16.5 Å². The first kappa shape index (κ1) is 25.4. The predicted octanol–water partition coefficient (Wildman–Crippen LogP) is 4.75. The molecule has 6 heteroatoms. The minimum atomic E-state index is -0.0145. The number of halogens is 1. The number of nitrogens with one attached hydrogen (secondary N) is 1. The van der Waals surface area contributed by atoms with Crippen molar-refractivity contribution in [1.82, 2.24) is 15.1 Å². The average Bonchev–Trinajstić information content (AvgIpc) is 2.74. The molecule has 0 aliphatic carbocycles. The van der Waals surface area contributed by atoms with E-state index in [1.807, 2.05) is 18.2 Å². The summed E-state index contributed by atoms with van der Waals surface area (Å²) in [4.78, 5) is 17.3. The summed E-state index contributed by atoms with van der Waals surface area (Å²) in [5, 5.41) is 3.02. The van der Waals surface area contributed by atoms with Crippen LogP contribution in [0, 0.1) is 3.57 Å². The number of nitrogens with zero attached hydrogens (tertiary/aromatic N) is 2. The van der Waals surface area contributed by atoms with Crippen molar-refractivity contribution in [3.8, 4) is 0 Å². The molecule has 1 amide bonds. The fourth-order valence-corrected chi connectivity index (χ4v) is 4.57. The molecule has 170 valence electrons. The molecule has 2 rings (SSSR count). The van der Waals surface area contributed by atoms with E-state index < -0.39 is 0 Å². The number of unbranched alkanes of at least 4 members (excludes halogenated alkanes) is 9. The van der Waals surface area contributed by atoms with Crippen LogP contribution in [-0.2, 0) is 0 Å². The highest BCUT2D eigenvalue weighted by Crippen LogP contribution is 2.19.